The molecule has 0 saturated heterocycles. The Balaban J connectivity index is 2.98. The van der Waals surface area contributed by atoms with Crippen LogP contribution < -0.4 is 0 Å². The molecule has 0 rings (SSSR count). The number of unbranched alkanes of at least 4 members (excludes halogenated alkanes) is 1. The van der Waals surface area contributed by atoms with Crippen LogP contribution in [0.5, 0.6) is 0 Å². The third kappa shape index (κ3) is 3.79. The Hall–Kier alpha value is -0.390. The number of hydrogen-bond acceptors (Lipinski definition) is 0. The molecular weight excluding hydrogens is 96.1 g/mol. The van der Waals surface area contributed by atoms with Crippen molar-refractivity contribution in [3.05, 3.63) is 19.1 Å². The Labute approximate surface area is 52.6 Å². The van der Waals surface area contributed by atoms with Crippen LogP contribution in [0.1, 0.15) is 26.7 Å². The van der Waals surface area contributed by atoms with Crippen molar-refractivity contribution >= 4 is 0 Å². The molecule has 0 heterocycles. The van der Waals surface area contributed by atoms with E-state index in [0.717, 1.165) is 0 Å². The van der Waals surface area contributed by atoms with E-state index in [1.54, 1.807) is 0 Å². The van der Waals surface area contributed by atoms with Gasteiger partial charge in [0, 0.05) is 0 Å². The molecule has 0 spiro atoms. The van der Waals surface area contributed by atoms with Crippen molar-refractivity contribution in [2.24, 2.45) is 5.92 Å². The van der Waals surface area contributed by atoms with E-state index >= 15 is 0 Å². The molecule has 1 atom stereocenters. The summed E-state index contributed by atoms with van der Waals surface area (Å²) in [6, 6.07) is 0. The van der Waals surface area contributed by atoms with Gasteiger partial charge in [0.25, 0.3) is 0 Å². The quantitative estimate of drug-likeness (QED) is 0.386. The monoisotopic (exact) mass is 111 g/mol. The van der Waals surface area contributed by atoms with E-state index in [-0.39, 0.29) is 0 Å². The molecule has 0 radical (unpaired) electrons. The zero-order valence-electron chi connectivity index (χ0n) is 5.85. The molecule has 0 bridgehead atoms. The standard InChI is InChI=1S/C8H15/c1-4-6-7-8(3)5-2/h4-5,8H,2,6-7H2,1,3H3/q+1. The molecule has 1 unspecified atom stereocenters. The summed E-state index contributed by atoms with van der Waals surface area (Å²) in [7, 11) is 0. The van der Waals surface area contributed by atoms with Gasteiger partial charge in [0.1, 0.15) is 0 Å². The normalized spacial score (nSPS) is 12.8. The van der Waals surface area contributed by atoms with Crippen LogP contribution in [0.2, 0.25) is 0 Å². The first-order valence-electron chi connectivity index (χ1n) is 3.21. The molecule has 0 fully saturated rings. The van der Waals surface area contributed by atoms with Crippen molar-refractivity contribution in [3.63, 3.8) is 0 Å². The Morgan fingerprint density at radius 3 is 2.75 bits per heavy atom. The van der Waals surface area contributed by atoms with Gasteiger partial charge in [0.2, 0.25) is 0 Å². The average molecular weight is 111 g/mol. The predicted molar refractivity (Wildman–Crippen MR) is 38.6 cm³/mol. The fraction of sp³-hybridized carbons (Fsp3) is 0.625. The van der Waals surface area contributed by atoms with Crippen molar-refractivity contribution in [2.75, 3.05) is 0 Å². The number of rotatable bonds is 4. The molecule has 0 aromatic heterocycles. The van der Waals surface area contributed by atoms with Crippen LogP contribution in [0.25, 0.3) is 0 Å². The average Bonchev–Trinajstić information content (AvgIpc) is 1.83. The van der Waals surface area contributed by atoms with Gasteiger partial charge in [-0.25, -0.2) is 0 Å². The van der Waals surface area contributed by atoms with Crippen molar-refractivity contribution in [3.8, 4) is 0 Å². The molecule has 0 aromatic rings. The minimum absolute atomic E-state index is 0.686. The summed E-state index contributed by atoms with van der Waals surface area (Å²) in [5.74, 6) is 0.686. The van der Waals surface area contributed by atoms with Gasteiger partial charge in [-0.1, -0.05) is 13.0 Å². The van der Waals surface area contributed by atoms with Crippen LogP contribution >= 0.6 is 0 Å². The number of hydrogen-bond donors (Lipinski definition) is 0. The van der Waals surface area contributed by atoms with Crippen LogP contribution in [-0.2, 0) is 0 Å². The second-order valence-corrected chi connectivity index (χ2v) is 2.20. The molecule has 0 aromatic carbocycles. The molecule has 46 valence electrons. The molecule has 0 N–H and O–H groups in total. The Morgan fingerprint density at radius 1 is 1.75 bits per heavy atom. The van der Waals surface area contributed by atoms with E-state index in [4.69, 9.17) is 0 Å². The third-order valence-electron chi connectivity index (χ3n) is 1.31. The van der Waals surface area contributed by atoms with Gasteiger partial charge in [-0.15, -0.1) is 6.58 Å². The Kier molecular flexibility index (Phi) is 4.53. The maximum Gasteiger partial charge on any atom is 0.0877 e. The van der Waals surface area contributed by atoms with Crippen molar-refractivity contribution in [1.82, 2.24) is 0 Å². The summed E-state index contributed by atoms with van der Waals surface area (Å²) in [5.41, 5.74) is 0. The largest absolute Gasteiger partial charge is 0.103 e. The summed E-state index contributed by atoms with van der Waals surface area (Å²) in [6.45, 7) is 7.98. The van der Waals surface area contributed by atoms with Crippen LogP contribution in [-0.4, -0.2) is 0 Å². The van der Waals surface area contributed by atoms with Gasteiger partial charge in [-0.3, -0.25) is 0 Å². The molecule has 0 aliphatic heterocycles. The van der Waals surface area contributed by atoms with Gasteiger partial charge >= 0.3 is 0 Å². The minimum atomic E-state index is 0.686. The summed E-state index contributed by atoms with van der Waals surface area (Å²) in [5, 5.41) is 0. The lowest BCUT2D eigenvalue weighted by Crippen LogP contribution is -1.86. The summed E-state index contributed by atoms with van der Waals surface area (Å²) in [6.07, 6.45) is 6.66. The summed E-state index contributed by atoms with van der Waals surface area (Å²) in [4.78, 5) is 0. The van der Waals surface area contributed by atoms with E-state index in [2.05, 4.69) is 26.8 Å². The second kappa shape index (κ2) is 4.76. The van der Waals surface area contributed by atoms with Crippen LogP contribution in [0.15, 0.2) is 12.7 Å². The Morgan fingerprint density at radius 2 is 2.38 bits per heavy atom. The van der Waals surface area contributed by atoms with Crippen molar-refractivity contribution in [1.29, 1.82) is 0 Å². The highest BCUT2D eigenvalue weighted by atomic mass is 14.0. The number of allylic oxidation sites excluding steroid dienone is 1. The van der Waals surface area contributed by atoms with Crippen molar-refractivity contribution in [2.45, 2.75) is 26.7 Å². The second-order valence-electron chi connectivity index (χ2n) is 2.20. The fourth-order valence-corrected chi connectivity index (χ4v) is 0.547. The SMILES string of the molecule is C=CC(C)CC[CH+]C. The molecule has 0 aliphatic rings. The maximum atomic E-state index is 3.70. The summed E-state index contributed by atoms with van der Waals surface area (Å²) >= 11 is 0. The Bertz CT molecular complexity index is 55.1. The lowest BCUT2D eigenvalue weighted by atomic mass is 10.1. The van der Waals surface area contributed by atoms with Gasteiger partial charge < -0.3 is 0 Å². The van der Waals surface area contributed by atoms with E-state index in [9.17, 15) is 0 Å². The van der Waals surface area contributed by atoms with E-state index < -0.39 is 0 Å². The molecular formula is C8H15+. The topological polar surface area (TPSA) is 0 Å². The van der Waals surface area contributed by atoms with Crippen LogP contribution in [0, 0.1) is 12.3 Å². The molecule has 0 nitrogen and oxygen atoms in total. The molecule has 0 amide bonds. The maximum absolute atomic E-state index is 3.70. The van der Waals surface area contributed by atoms with Gasteiger partial charge in [-0.05, 0) is 12.3 Å². The smallest absolute Gasteiger partial charge is 0.0877 e. The third-order valence-corrected chi connectivity index (χ3v) is 1.31. The van der Waals surface area contributed by atoms with E-state index in [1.807, 2.05) is 6.08 Å². The van der Waals surface area contributed by atoms with E-state index in [0.29, 0.717) is 5.92 Å². The van der Waals surface area contributed by atoms with Crippen LogP contribution in [0.4, 0.5) is 0 Å². The minimum Gasteiger partial charge on any atom is -0.103 e. The zero-order chi connectivity index (χ0) is 6.41. The van der Waals surface area contributed by atoms with Gasteiger partial charge in [0.15, 0.2) is 0 Å². The van der Waals surface area contributed by atoms with Gasteiger partial charge in [0.05, 0.1) is 19.8 Å². The van der Waals surface area contributed by atoms with Crippen molar-refractivity contribution < 1.29 is 0 Å². The first kappa shape index (κ1) is 7.61. The highest BCUT2D eigenvalue weighted by Gasteiger charge is 1.96. The fourth-order valence-electron chi connectivity index (χ4n) is 0.547. The molecule has 0 heteroatoms. The summed E-state index contributed by atoms with van der Waals surface area (Å²) < 4.78 is 0. The highest BCUT2D eigenvalue weighted by molar-refractivity contribution is 4.75. The molecule has 8 heavy (non-hydrogen) atoms. The first-order chi connectivity index (χ1) is 3.81. The van der Waals surface area contributed by atoms with E-state index in [1.165, 1.54) is 12.8 Å². The predicted octanol–water partition coefficient (Wildman–Crippen LogP) is 2.81. The highest BCUT2D eigenvalue weighted by Crippen LogP contribution is 2.06. The molecule has 0 aliphatic carbocycles. The lowest BCUT2D eigenvalue weighted by Gasteiger charge is -1.97. The lowest BCUT2D eigenvalue weighted by molar-refractivity contribution is 0.643. The molecule has 0 saturated carbocycles. The van der Waals surface area contributed by atoms with Crippen LogP contribution in [0.3, 0.4) is 0 Å². The first-order valence-corrected chi connectivity index (χ1v) is 3.21. The zero-order valence-corrected chi connectivity index (χ0v) is 5.85. The van der Waals surface area contributed by atoms with Gasteiger partial charge in [-0.2, -0.15) is 0 Å².